The van der Waals surface area contributed by atoms with Crippen LogP contribution in [0.25, 0.3) is 32.9 Å². The van der Waals surface area contributed by atoms with Crippen molar-refractivity contribution >= 4 is 51.1 Å². The van der Waals surface area contributed by atoms with Crippen molar-refractivity contribution in [1.82, 2.24) is 9.88 Å². The van der Waals surface area contributed by atoms with Gasteiger partial charge in [-0.1, -0.05) is 29.8 Å². The molecule has 3 N–H and O–H groups in total. The van der Waals surface area contributed by atoms with Crippen molar-refractivity contribution in [3.8, 4) is 16.9 Å². The smallest absolute Gasteiger partial charge is 0.259 e. The third-order valence-corrected chi connectivity index (χ3v) is 6.12. The first-order valence-electron chi connectivity index (χ1n) is 9.96. The number of nitrogens with zero attached hydrogens (tertiary/aromatic N) is 1. The van der Waals surface area contributed by atoms with Gasteiger partial charge in [0.05, 0.1) is 23.8 Å². The van der Waals surface area contributed by atoms with Gasteiger partial charge in [-0.05, 0) is 35.9 Å². The normalized spacial score (nSPS) is 12.9. The van der Waals surface area contributed by atoms with E-state index in [-0.39, 0.29) is 12.0 Å². The summed E-state index contributed by atoms with van der Waals surface area (Å²) in [6.45, 7) is 0.317. The van der Waals surface area contributed by atoms with Crippen LogP contribution >= 0.6 is 11.6 Å². The van der Waals surface area contributed by atoms with E-state index in [1.54, 1.807) is 25.3 Å². The Morgan fingerprint density at radius 3 is 2.50 bits per heavy atom. The van der Waals surface area contributed by atoms with Gasteiger partial charge in [-0.15, -0.1) is 0 Å². The molecule has 5 rings (SSSR count). The van der Waals surface area contributed by atoms with Crippen LogP contribution in [-0.2, 0) is 11.3 Å². The van der Waals surface area contributed by atoms with Crippen molar-refractivity contribution in [1.29, 1.82) is 0 Å². The highest BCUT2D eigenvalue weighted by molar-refractivity contribution is 6.36. The number of methoxy groups -OCH3 is 1. The summed E-state index contributed by atoms with van der Waals surface area (Å²) in [5.41, 5.74) is 8.68. The predicted octanol–water partition coefficient (Wildman–Crippen LogP) is 3.88. The quantitative estimate of drug-likeness (QED) is 0.453. The van der Waals surface area contributed by atoms with Crippen molar-refractivity contribution in [3.63, 3.8) is 0 Å². The number of rotatable bonds is 5. The van der Waals surface area contributed by atoms with E-state index in [1.807, 2.05) is 34.9 Å². The molecular formula is C24H18ClN3O4. The zero-order chi connectivity index (χ0) is 22.6. The summed E-state index contributed by atoms with van der Waals surface area (Å²) in [7, 11) is 1.56. The minimum atomic E-state index is -0.472. The van der Waals surface area contributed by atoms with E-state index < -0.39 is 17.7 Å². The number of benzene rings is 3. The van der Waals surface area contributed by atoms with Gasteiger partial charge in [0, 0.05) is 39.8 Å². The molecule has 0 saturated carbocycles. The van der Waals surface area contributed by atoms with Crippen LogP contribution < -0.4 is 15.8 Å². The third-order valence-electron chi connectivity index (χ3n) is 5.79. The number of ether oxygens (including phenoxy) is 1. The molecule has 0 fully saturated rings. The Morgan fingerprint density at radius 2 is 1.78 bits per heavy atom. The van der Waals surface area contributed by atoms with E-state index in [0.717, 1.165) is 10.9 Å². The van der Waals surface area contributed by atoms with Gasteiger partial charge in [0.2, 0.25) is 5.91 Å². The summed E-state index contributed by atoms with van der Waals surface area (Å²) in [5.74, 6) is -0.766. The number of amides is 3. The number of primary amides is 1. The second-order valence-corrected chi connectivity index (χ2v) is 7.99. The summed E-state index contributed by atoms with van der Waals surface area (Å²) >= 11 is 6.46. The van der Waals surface area contributed by atoms with Crippen LogP contribution in [0.2, 0.25) is 5.02 Å². The summed E-state index contributed by atoms with van der Waals surface area (Å²) in [4.78, 5) is 37.3. The minimum absolute atomic E-state index is 0.120. The molecule has 0 bridgehead atoms. The number of carbonyl (C=O) groups is 3. The first-order chi connectivity index (χ1) is 15.4. The van der Waals surface area contributed by atoms with Crippen molar-refractivity contribution in [2.45, 2.75) is 13.0 Å². The van der Waals surface area contributed by atoms with Crippen LogP contribution in [-0.4, -0.2) is 29.4 Å². The number of hydrogen-bond acceptors (Lipinski definition) is 4. The molecule has 1 aliphatic heterocycles. The molecule has 0 saturated heterocycles. The van der Waals surface area contributed by atoms with Crippen molar-refractivity contribution in [3.05, 3.63) is 64.7 Å². The zero-order valence-electron chi connectivity index (χ0n) is 17.1. The highest BCUT2D eigenvalue weighted by Crippen LogP contribution is 2.42. The first-order valence-corrected chi connectivity index (χ1v) is 10.3. The average Bonchev–Trinajstić information content (AvgIpc) is 3.24. The maximum Gasteiger partial charge on any atom is 0.259 e. The molecule has 4 aromatic rings. The minimum Gasteiger partial charge on any atom is -0.497 e. The largest absolute Gasteiger partial charge is 0.497 e. The molecule has 1 aromatic heterocycles. The second kappa shape index (κ2) is 7.39. The van der Waals surface area contributed by atoms with E-state index in [4.69, 9.17) is 22.1 Å². The van der Waals surface area contributed by atoms with Crippen LogP contribution in [0.15, 0.2) is 48.5 Å². The highest BCUT2D eigenvalue weighted by atomic mass is 35.5. The lowest BCUT2D eigenvalue weighted by molar-refractivity contribution is -0.118. The number of carbonyl (C=O) groups excluding carboxylic acids is 3. The average molecular weight is 448 g/mol. The van der Waals surface area contributed by atoms with Gasteiger partial charge in [0.15, 0.2) is 0 Å². The molecule has 2 heterocycles. The standard InChI is InChI=1S/C24H18ClN3O4/c1-32-12-6-7-17-15(10-12)20-18(28(17)9-8-19(26)29)11-14(13-4-2-3-5-16(13)25)21-22(20)24(31)27-23(21)30/h2-7,10-11H,8-9H2,1H3,(H2,26,29)(H,27,30,31). The van der Waals surface area contributed by atoms with Gasteiger partial charge in [0.25, 0.3) is 11.8 Å². The summed E-state index contributed by atoms with van der Waals surface area (Å²) in [6.07, 6.45) is 0.120. The Hall–Kier alpha value is -3.84. The molecule has 1 aliphatic rings. The molecule has 0 radical (unpaired) electrons. The summed E-state index contributed by atoms with van der Waals surface area (Å²) in [5, 5.41) is 4.25. The number of nitrogens with two attached hydrogens (primary N) is 1. The number of aryl methyl sites for hydroxylation is 1. The fourth-order valence-corrected chi connectivity index (χ4v) is 4.65. The van der Waals surface area contributed by atoms with Crippen molar-refractivity contribution in [2.24, 2.45) is 5.73 Å². The fraction of sp³-hybridized carbons (Fsp3) is 0.125. The van der Waals surface area contributed by atoms with Gasteiger partial charge in [-0.2, -0.15) is 0 Å². The maximum absolute atomic E-state index is 13.0. The topological polar surface area (TPSA) is 103 Å². The molecule has 7 nitrogen and oxygen atoms in total. The van der Waals surface area contributed by atoms with Crippen LogP contribution in [0.4, 0.5) is 0 Å². The van der Waals surface area contributed by atoms with E-state index in [0.29, 0.717) is 44.9 Å². The number of nitrogens with one attached hydrogen (secondary N) is 1. The molecule has 0 unspecified atom stereocenters. The van der Waals surface area contributed by atoms with Crippen molar-refractivity contribution in [2.75, 3.05) is 7.11 Å². The van der Waals surface area contributed by atoms with Crippen LogP contribution in [0.5, 0.6) is 5.75 Å². The van der Waals surface area contributed by atoms with Gasteiger partial charge in [-0.3, -0.25) is 19.7 Å². The Labute approximate surface area is 187 Å². The summed E-state index contributed by atoms with van der Waals surface area (Å²) < 4.78 is 7.32. The number of imide groups is 1. The fourth-order valence-electron chi connectivity index (χ4n) is 4.41. The first kappa shape index (κ1) is 20.1. The van der Waals surface area contributed by atoms with Gasteiger partial charge in [0.1, 0.15) is 5.75 Å². The zero-order valence-corrected chi connectivity index (χ0v) is 17.8. The predicted molar refractivity (Wildman–Crippen MR) is 122 cm³/mol. The van der Waals surface area contributed by atoms with Gasteiger partial charge >= 0.3 is 0 Å². The van der Waals surface area contributed by atoms with E-state index in [1.165, 1.54) is 0 Å². The van der Waals surface area contributed by atoms with E-state index in [2.05, 4.69) is 5.32 Å². The van der Waals surface area contributed by atoms with Crippen LogP contribution in [0, 0.1) is 0 Å². The second-order valence-electron chi connectivity index (χ2n) is 7.58. The lowest BCUT2D eigenvalue weighted by atomic mass is 9.93. The molecule has 0 spiro atoms. The summed E-state index contributed by atoms with van der Waals surface area (Å²) in [6, 6.07) is 14.5. The van der Waals surface area contributed by atoms with E-state index >= 15 is 0 Å². The number of halogens is 1. The van der Waals surface area contributed by atoms with Gasteiger partial charge in [-0.25, -0.2) is 0 Å². The van der Waals surface area contributed by atoms with Crippen LogP contribution in [0.1, 0.15) is 27.1 Å². The molecule has 3 amide bonds. The molecule has 32 heavy (non-hydrogen) atoms. The molecule has 160 valence electrons. The molecule has 3 aromatic carbocycles. The monoisotopic (exact) mass is 447 g/mol. The Bertz CT molecular complexity index is 1470. The van der Waals surface area contributed by atoms with Crippen molar-refractivity contribution < 1.29 is 19.1 Å². The number of hydrogen-bond donors (Lipinski definition) is 2. The lowest BCUT2D eigenvalue weighted by Crippen LogP contribution is -2.20. The number of aromatic nitrogens is 1. The molecule has 0 atom stereocenters. The SMILES string of the molecule is COc1ccc2c(c1)c1c3c(c(-c4ccccc4Cl)cc1n2CCC(N)=O)C(=O)NC3=O. The molecule has 8 heteroatoms. The van der Waals surface area contributed by atoms with Crippen LogP contribution in [0.3, 0.4) is 0 Å². The maximum atomic E-state index is 13.0. The Kier molecular flexibility index (Phi) is 4.64. The molecule has 0 aliphatic carbocycles. The van der Waals surface area contributed by atoms with Gasteiger partial charge < -0.3 is 15.0 Å². The Balaban J connectivity index is 1.96. The highest BCUT2D eigenvalue weighted by Gasteiger charge is 2.35. The molecular weight excluding hydrogens is 430 g/mol. The lowest BCUT2D eigenvalue weighted by Gasteiger charge is -2.12. The third kappa shape index (κ3) is 2.93. The number of fused-ring (bicyclic) bond motifs is 5. The van der Waals surface area contributed by atoms with E-state index in [9.17, 15) is 14.4 Å². The Morgan fingerprint density at radius 1 is 1.03 bits per heavy atom.